The molecule has 3 rings (SSSR count). The Bertz CT molecular complexity index is 1130. The molecule has 6 nitrogen and oxygen atoms in total. The lowest BCUT2D eigenvalue weighted by Gasteiger charge is -2.04. The van der Waals surface area contributed by atoms with Crippen LogP contribution in [0.4, 0.5) is 5.82 Å². The Labute approximate surface area is 161 Å². The Hall–Kier alpha value is -3.56. The molecule has 0 radical (unpaired) electrons. The molecule has 134 valence electrons. The van der Waals surface area contributed by atoms with Gasteiger partial charge in [-0.1, -0.05) is 41.6 Å². The third-order valence-electron chi connectivity index (χ3n) is 3.81. The number of nitrogen functional groups attached to an aromatic ring is 1. The van der Waals surface area contributed by atoms with E-state index in [4.69, 9.17) is 28.8 Å². The van der Waals surface area contributed by atoms with Gasteiger partial charge in [0.15, 0.2) is 0 Å². The number of anilines is 1. The Morgan fingerprint density at radius 2 is 1.89 bits per heavy atom. The van der Waals surface area contributed by atoms with Crippen molar-refractivity contribution < 1.29 is 0 Å². The summed E-state index contributed by atoms with van der Waals surface area (Å²) in [7, 11) is 0. The molecule has 27 heavy (non-hydrogen) atoms. The lowest BCUT2D eigenvalue weighted by atomic mass is 10.1. The SMILES string of the molecule is C/C(=N\N=C(N)N)c1cccc(C#Cc2c(N)ncc3ccc(Cl)cc23)c1. The summed E-state index contributed by atoms with van der Waals surface area (Å²) in [6.45, 7) is 1.81. The minimum Gasteiger partial charge on any atom is -0.383 e. The summed E-state index contributed by atoms with van der Waals surface area (Å²) in [5.74, 6) is 6.50. The van der Waals surface area contributed by atoms with Gasteiger partial charge in [-0.2, -0.15) is 5.10 Å². The molecule has 0 spiro atoms. The third-order valence-corrected chi connectivity index (χ3v) is 4.05. The fraction of sp³-hybridized carbons (Fsp3) is 0.0500. The van der Waals surface area contributed by atoms with E-state index in [9.17, 15) is 0 Å². The van der Waals surface area contributed by atoms with Gasteiger partial charge in [-0.3, -0.25) is 0 Å². The van der Waals surface area contributed by atoms with E-state index in [1.54, 1.807) is 12.3 Å². The van der Waals surface area contributed by atoms with Gasteiger partial charge in [0.1, 0.15) is 5.82 Å². The highest BCUT2D eigenvalue weighted by atomic mass is 35.5. The number of halogens is 1. The number of nitrogens with zero attached hydrogens (tertiary/aromatic N) is 3. The van der Waals surface area contributed by atoms with Crippen LogP contribution >= 0.6 is 11.6 Å². The van der Waals surface area contributed by atoms with Gasteiger partial charge in [0.25, 0.3) is 0 Å². The maximum atomic E-state index is 6.12. The van der Waals surface area contributed by atoms with Crippen LogP contribution in [0, 0.1) is 11.8 Å². The highest BCUT2D eigenvalue weighted by Crippen LogP contribution is 2.24. The summed E-state index contributed by atoms with van der Waals surface area (Å²) in [5.41, 5.74) is 19.6. The van der Waals surface area contributed by atoms with Gasteiger partial charge >= 0.3 is 0 Å². The number of hydrogen-bond donors (Lipinski definition) is 3. The molecule has 0 amide bonds. The number of rotatable bonds is 2. The smallest absolute Gasteiger partial charge is 0.211 e. The van der Waals surface area contributed by atoms with Crippen molar-refractivity contribution in [2.75, 3.05) is 5.73 Å². The van der Waals surface area contributed by atoms with Crippen LogP contribution in [-0.4, -0.2) is 16.7 Å². The molecule has 0 aliphatic heterocycles. The highest BCUT2D eigenvalue weighted by molar-refractivity contribution is 6.31. The first-order valence-corrected chi connectivity index (χ1v) is 8.41. The maximum Gasteiger partial charge on any atom is 0.211 e. The molecule has 1 aromatic heterocycles. The van der Waals surface area contributed by atoms with Crippen molar-refractivity contribution in [2.24, 2.45) is 21.7 Å². The van der Waals surface area contributed by atoms with E-state index in [1.807, 2.05) is 43.3 Å². The van der Waals surface area contributed by atoms with Crippen molar-refractivity contribution in [3.63, 3.8) is 0 Å². The molecular weight excluding hydrogens is 360 g/mol. The molecule has 0 aliphatic carbocycles. The quantitative estimate of drug-likeness (QED) is 0.276. The molecule has 0 saturated carbocycles. The van der Waals surface area contributed by atoms with E-state index in [0.717, 1.165) is 21.9 Å². The molecule has 6 N–H and O–H groups in total. The van der Waals surface area contributed by atoms with Crippen LogP contribution in [-0.2, 0) is 0 Å². The second-order valence-electron chi connectivity index (χ2n) is 5.79. The summed E-state index contributed by atoms with van der Waals surface area (Å²) in [4.78, 5) is 4.21. The molecule has 2 aromatic carbocycles. The molecular formula is C20H17ClN6. The minimum atomic E-state index is -0.0945. The van der Waals surface area contributed by atoms with Crippen LogP contribution in [0.5, 0.6) is 0 Å². The number of hydrogen-bond acceptors (Lipinski definition) is 4. The zero-order chi connectivity index (χ0) is 19.4. The van der Waals surface area contributed by atoms with Gasteiger partial charge in [0.05, 0.1) is 11.3 Å². The van der Waals surface area contributed by atoms with Gasteiger partial charge < -0.3 is 17.2 Å². The van der Waals surface area contributed by atoms with Crippen LogP contribution in [0.25, 0.3) is 10.8 Å². The number of aromatic nitrogens is 1. The lowest BCUT2D eigenvalue weighted by Crippen LogP contribution is -2.22. The third kappa shape index (κ3) is 4.35. The molecule has 0 bridgehead atoms. The Balaban J connectivity index is 2.02. The van der Waals surface area contributed by atoms with Crippen LogP contribution in [0.3, 0.4) is 0 Å². The summed E-state index contributed by atoms with van der Waals surface area (Å²) in [6.07, 6.45) is 1.70. The van der Waals surface area contributed by atoms with Crippen LogP contribution in [0.1, 0.15) is 23.6 Å². The maximum absolute atomic E-state index is 6.12. The predicted molar refractivity (Wildman–Crippen MR) is 112 cm³/mol. The van der Waals surface area contributed by atoms with Crippen molar-refractivity contribution in [1.82, 2.24) is 4.98 Å². The van der Waals surface area contributed by atoms with Gasteiger partial charge in [0, 0.05) is 27.6 Å². The molecule has 0 atom stereocenters. The number of nitrogens with two attached hydrogens (primary N) is 3. The molecule has 1 heterocycles. The van der Waals surface area contributed by atoms with E-state index in [1.165, 1.54) is 0 Å². The molecule has 3 aromatic rings. The highest BCUT2D eigenvalue weighted by Gasteiger charge is 2.05. The van der Waals surface area contributed by atoms with Crippen molar-refractivity contribution in [2.45, 2.75) is 6.92 Å². The van der Waals surface area contributed by atoms with Crippen LogP contribution < -0.4 is 17.2 Å². The first kappa shape index (κ1) is 18.2. The normalized spacial score (nSPS) is 11.0. The topological polar surface area (TPSA) is 116 Å². The summed E-state index contributed by atoms with van der Waals surface area (Å²) >= 11 is 6.12. The van der Waals surface area contributed by atoms with Gasteiger partial charge in [-0.25, -0.2) is 4.98 Å². The van der Waals surface area contributed by atoms with Gasteiger partial charge in [-0.15, -0.1) is 5.10 Å². The molecule has 0 aliphatic rings. The van der Waals surface area contributed by atoms with E-state index < -0.39 is 0 Å². The molecule has 0 fully saturated rings. The van der Waals surface area contributed by atoms with E-state index in [0.29, 0.717) is 22.1 Å². The molecule has 0 unspecified atom stereocenters. The van der Waals surface area contributed by atoms with Crippen LogP contribution in [0.2, 0.25) is 5.02 Å². The fourth-order valence-electron chi connectivity index (χ4n) is 2.48. The first-order chi connectivity index (χ1) is 12.9. The zero-order valence-corrected chi connectivity index (χ0v) is 15.3. The van der Waals surface area contributed by atoms with Crippen LogP contribution in [0.15, 0.2) is 58.9 Å². The van der Waals surface area contributed by atoms with E-state index in [-0.39, 0.29) is 5.96 Å². The summed E-state index contributed by atoms with van der Waals surface area (Å²) in [6, 6.07) is 13.1. The molecule has 0 saturated heterocycles. The standard InChI is InChI=1S/C20H17ClN6/c1-12(26-27-20(23)24)14-4-2-3-13(9-14)5-8-17-18-10-16(21)7-6-15(18)11-25-19(17)22/h2-4,6-7,9-11H,1H3,(H2,22,25)(H4,23,24,27)/b26-12+. The summed E-state index contributed by atoms with van der Waals surface area (Å²) < 4.78 is 0. The monoisotopic (exact) mass is 376 g/mol. The van der Waals surface area contributed by atoms with Crippen molar-refractivity contribution in [1.29, 1.82) is 0 Å². The minimum absolute atomic E-state index is 0.0945. The number of benzene rings is 2. The lowest BCUT2D eigenvalue weighted by molar-refractivity contribution is 1.19. The number of pyridine rings is 1. The second kappa shape index (κ2) is 7.77. The van der Waals surface area contributed by atoms with Crippen molar-refractivity contribution in [3.8, 4) is 11.8 Å². The van der Waals surface area contributed by atoms with Crippen molar-refractivity contribution in [3.05, 3.63) is 70.4 Å². The second-order valence-corrected chi connectivity index (χ2v) is 6.23. The average Bonchev–Trinajstić information content (AvgIpc) is 2.65. The predicted octanol–water partition coefficient (Wildman–Crippen LogP) is 2.87. The Morgan fingerprint density at radius 1 is 1.07 bits per heavy atom. The van der Waals surface area contributed by atoms with E-state index >= 15 is 0 Å². The average molecular weight is 377 g/mol. The fourth-order valence-corrected chi connectivity index (χ4v) is 2.65. The Morgan fingerprint density at radius 3 is 2.67 bits per heavy atom. The first-order valence-electron chi connectivity index (χ1n) is 8.03. The molecule has 7 heteroatoms. The Kier molecular flexibility index (Phi) is 5.25. The number of fused-ring (bicyclic) bond motifs is 1. The van der Waals surface area contributed by atoms with E-state index in [2.05, 4.69) is 27.0 Å². The van der Waals surface area contributed by atoms with Gasteiger partial charge in [-0.05, 0) is 36.8 Å². The zero-order valence-electron chi connectivity index (χ0n) is 14.6. The number of guanidine groups is 1. The van der Waals surface area contributed by atoms with Crippen molar-refractivity contribution >= 4 is 39.9 Å². The van der Waals surface area contributed by atoms with Gasteiger partial charge in [0.2, 0.25) is 5.96 Å². The largest absolute Gasteiger partial charge is 0.383 e. The summed E-state index contributed by atoms with van der Waals surface area (Å²) in [5, 5.41) is 10.0.